The average molecular weight is 188 g/mol. The van der Waals surface area contributed by atoms with Gasteiger partial charge in [0, 0.05) is 6.04 Å². The molecule has 2 nitrogen and oxygen atoms in total. The van der Waals surface area contributed by atoms with Crippen LogP contribution in [-0.4, -0.2) is 0 Å². The predicted molar refractivity (Wildman–Crippen MR) is 57.6 cm³/mol. The number of nitrogens with zero attached hydrogens (tertiary/aromatic N) is 1. The first-order valence-corrected chi connectivity index (χ1v) is 5.00. The summed E-state index contributed by atoms with van der Waals surface area (Å²) >= 11 is 0. The third kappa shape index (κ3) is 2.58. The zero-order valence-corrected chi connectivity index (χ0v) is 8.53. The Morgan fingerprint density at radius 3 is 2.79 bits per heavy atom. The molecule has 0 bridgehead atoms. The van der Waals surface area contributed by atoms with E-state index in [1.165, 1.54) is 5.56 Å². The Morgan fingerprint density at radius 1 is 1.43 bits per heavy atom. The standard InChI is InChI=1S/C12H16N2/c1-2-5-10-6-3-4-7-11(10)12(14)8-9-13/h3-4,6-7,12H,2,5,8,14H2,1H3/t12-/m0/s1. The average Bonchev–Trinajstić information content (AvgIpc) is 2.19. The highest BCUT2D eigenvalue weighted by Crippen LogP contribution is 2.19. The van der Waals surface area contributed by atoms with Crippen molar-refractivity contribution in [3.63, 3.8) is 0 Å². The molecule has 0 saturated heterocycles. The molecule has 0 aliphatic carbocycles. The maximum atomic E-state index is 8.59. The second-order valence-corrected chi connectivity index (χ2v) is 3.42. The van der Waals surface area contributed by atoms with Crippen LogP contribution < -0.4 is 5.73 Å². The third-order valence-electron chi connectivity index (χ3n) is 2.29. The second kappa shape index (κ2) is 5.41. The summed E-state index contributed by atoms with van der Waals surface area (Å²) in [4.78, 5) is 0. The first kappa shape index (κ1) is 10.7. The van der Waals surface area contributed by atoms with Gasteiger partial charge in [0.25, 0.3) is 0 Å². The maximum Gasteiger partial charge on any atom is 0.0641 e. The van der Waals surface area contributed by atoms with E-state index in [9.17, 15) is 0 Å². The molecule has 74 valence electrons. The van der Waals surface area contributed by atoms with Crippen LogP contribution in [0.4, 0.5) is 0 Å². The molecule has 0 heterocycles. The van der Waals surface area contributed by atoms with E-state index < -0.39 is 0 Å². The van der Waals surface area contributed by atoms with Crippen LogP contribution in [0.2, 0.25) is 0 Å². The molecule has 1 atom stereocenters. The summed E-state index contributed by atoms with van der Waals surface area (Å²) in [6, 6.07) is 10.1. The summed E-state index contributed by atoms with van der Waals surface area (Å²) in [5.41, 5.74) is 8.31. The highest BCUT2D eigenvalue weighted by Gasteiger charge is 2.08. The van der Waals surface area contributed by atoms with E-state index in [1.54, 1.807) is 0 Å². The second-order valence-electron chi connectivity index (χ2n) is 3.42. The summed E-state index contributed by atoms with van der Waals surface area (Å²) in [7, 11) is 0. The molecule has 1 rings (SSSR count). The topological polar surface area (TPSA) is 49.8 Å². The zero-order valence-electron chi connectivity index (χ0n) is 8.53. The van der Waals surface area contributed by atoms with Gasteiger partial charge in [-0.2, -0.15) is 5.26 Å². The van der Waals surface area contributed by atoms with Gasteiger partial charge < -0.3 is 5.73 Å². The number of nitrogens with two attached hydrogens (primary N) is 1. The highest BCUT2D eigenvalue weighted by molar-refractivity contribution is 5.30. The van der Waals surface area contributed by atoms with Crippen LogP contribution in [0.15, 0.2) is 24.3 Å². The zero-order chi connectivity index (χ0) is 10.4. The lowest BCUT2D eigenvalue weighted by molar-refractivity contribution is 0.730. The molecular formula is C12H16N2. The van der Waals surface area contributed by atoms with Crippen LogP contribution in [0.1, 0.15) is 36.9 Å². The van der Waals surface area contributed by atoms with E-state index in [0.29, 0.717) is 6.42 Å². The van der Waals surface area contributed by atoms with Gasteiger partial charge in [-0.1, -0.05) is 37.6 Å². The van der Waals surface area contributed by atoms with Gasteiger partial charge in [0.2, 0.25) is 0 Å². The lowest BCUT2D eigenvalue weighted by Gasteiger charge is -2.13. The van der Waals surface area contributed by atoms with Gasteiger partial charge in [0.15, 0.2) is 0 Å². The maximum absolute atomic E-state index is 8.59. The molecule has 0 spiro atoms. The van der Waals surface area contributed by atoms with Crippen molar-refractivity contribution in [3.05, 3.63) is 35.4 Å². The quantitative estimate of drug-likeness (QED) is 0.789. The molecule has 0 fully saturated rings. The molecule has 2 N–H and O–H groups in total. The fourth-order valence-electron chi connectivity index (χ4n) is 1.60. The SMILES string of the molecule is CCCc1ccccc1[C@@H](N)CC#N. The summed E-state index contributed by atoms with van der Waals surface area (Å²) < 4.78 is 0. The largest absolute Gasteiger partial charge is 0.323 e. The molecule has 1 aromatic carbocycles. The number of benzene rings is 1. The number of hydrogen-bond acceptors (Lipinski definition) is 2. The highest BCUT2D eigenvalue weighted by atomic mass is 14.6. The van der Waals surface area contributed by atoms with Crippen molar-refractivity contribution < 1.29 is 0 Å². The molecule has 0 unspecified atom stereocenters. The fourth-order valence-corrected chi connectivity index (χ4v) is 1.60. The predicted octanol–water partition coefficient (Wildman–Crippen LogP) is 2.55. The van der Waals surface area contributed by atoms with Gasteiger partial charge in [-0.05, 0) is 17.5 Å². The van der Waals surface area contributed by atoms with Crippen molar-refractivity contribution in [1.82, 2.24) is 0 Å². The Bertz CT molecular complexity index is 325. The van der Waals surface area contributed by atoms with Crippen LogP contribution in [0.3, 0.4) is 0 Å². The molecule has 1 aromatic rings. The van der Waals surface area contributed by atoms with E-state index in [2.05, 4.69) is 19.1 Å². The van der Waals surface area contributed by atoms with Crippen molar-refractivity contribution in [1.29, 1.82) is 5.26 Å². The lowest BCUT2D eigenvalue weighted by atomic mass is 9.96. The Kier molecular flexibility index (Phi) is 4.15. The van der Waals surface area contributed by atoms with E-state index in [-0.39, 0.29) is 6.04 Å². The van der Waals surface area contributed by atoms with Crippen molar-refractivity contribution in [3.8, 4) is 6.07 Å². The minimum Gasteiger partial charge on any atom is -0.323 e. The van der Waals surface area contributed by atoms with Crippen LogP contribution in [0.25, 0.3) is 0 Å². The Hall–Kier alpha value is -1.33. The van der Waals surface area contributed by atoms with Crippen molar-refractivity contribution in [2.45, 2.75) is 32.2 Å². The van der Waals surface area contributed by atoms with Gasteiger partial charge in [-0.25, -0.2) is 0 Å². The van der Waals surface area contributed by atoms with E-state index in [4.69, 9.17) is 11.0 Å². The van der Waals surface area contributed by atoms with Crippen LogP contribution in [0.5, 0.6) is 0 Å². The monoisotopic (exact) mass is 188 g/mol. The first-order valence-electron chi connectivity index (χ1n) is 5.00. The summed E-state index contributed by atoms with van der Waals surface area (Å²) in [5.74, 6) is 0. The minimum atomic E-state index is -0.136. The summed E-state index contributed by atoms with van der Waals surface area (Å²) in [6.07, 6.45) is 2.53. The van der Waals surface area contributed by atoms with Crippen LogP contribution >= 0.6 is 0 Å². The summed E-state index contributed by atoms with van der Waals surface area (Å²) in [6.45, 7) is 2.15. The molecule has 0 saturated carbocycles. The van der Waals surface area contributed by atoms with Gasteiger partial charge in [-0.15, -0.1) is 0 Å². The van der Waals surface area contributed by atoms with Crippen molar-refractivity contribution in [2.24, 2.45) is 5.73 Å². The normalized spacial score (nSPS) is 12.1. The lowest BCUT2D eigenvalue weighted by Crippen LogP contribution is -2.11. The molecule has 0 aliphatic heterocycles. The van der Waals surface area contributed by atoms with Crippen molar-refractivity contribution in [2.75, 3.05) is 0 Å². The van der Waals surface area contributed by atoms with Gasteiger partial charge >= 0.3 is 0 Å². The number of aryl methyl sites for hydroxylation is 1. The van der Waals surface area contributed by atoms with Crippen LogP contribution in [0, 0.1) is 11.3 Å². The Morgan fingerprint density at radius 2 is 2.14 bits per heavy atom. The fraction of sp³-hybridized carbons (Fsp3) is 0.417. The summed E-state index contributed by atoms with van der Waals surface area (Å²) in [5, 5.41) is 8.59. The molecular weight excluding hydrogens is 172 g/mol. The Labute approximate surface area is 85.4 Å². The van der Waals surface area contributed by atoms with Crippen LogP contribution in [-0.2, 0) is 6.42 Å². The molecule has 0 aliphatic rings. The number of hydrogen-bond donors (Lipinski definition) is 1. The number of rotatable bonds is 4. The molecule has 0 amide bonds. The molecule has 0 radical (unpaired) electrons. The molecule has 14 heavy (non-hydrogen) atoms. The van der Waals surface area contributed by atoms with Gasteiger partial charge in [-0.3, -0.25) is 0 Å². The third-order valence-corrected chi connectivity index (χ3v) is 2.29. The Balaban J connectivity index is 2.89. The van der Waals surface area contributed by atoms with Crippen molar-refractivity contribution >= 4 is 0 Å². The van der Waals surface area contributed by atoms with E-state index in [1.807, 2.05) is 18.2 Å². The molecule has 2 heteroatoms. The number of nitriles is 1. The van der Waals surface area contributed by atoms with Gasteiger partial charge in [0.1, 0.15) is 0 Å². The van der Waals surface area contributed by atoms with E-state index >= 15 is 0 Å². The molecule has 0 aromatic heterocycles. The van der Waals surface area contributed by atoms with E-state index in [0.717, 1.165) is 18.4 Å². The minimum absolute atomic E-state index is 0.136. The first-order chi connectivity index (χ1) is 6.79. The van der Waals surface area contributed by atoms with Gasteiger partial charge in [0.05, 0.1) is 12.5 Å². The smallest absolute Gasteiger partial charge is 0.0641 e.